The summed E-state index contributed by atoms with van der Waals surface area (Å²) in [5.74, 6) is 1.75. The first-order valence-electron chi connectivity index (χ1n) is 6.92. The molecule has 104 valence electrons. The van der Waals surface area contributed by atoms with Crippen molar-refractivity contribution in [3.05, 3.63) is 59.7 Å². The first kappa shape index (κ1) is 13.0. The van der Waals surface area contributed by atoms with Gasteiger partial charge < -0.3 is 15.2 Å². The van der Waals surface area contributed by atoms with Crippen LogP contribution in [0.25, 0.3) is 0 Å². The van der Waals surface area contributed by atoms with Gasteiger partial charge in [0.2, 0.25) is 0 Å². The summed E-state index contributed by atoms with van der Waals surface area (Å²) in [7, 11) is 1.66. The van der Waals surface area contributed by atoms with Gasteiger partial charge in [0.05, 0.1) is 19.3 Å². The van der Waals surface area contributed by atoms with Crippen LogP contribution < -0.4 is 15.2 Å². The third-order valence-corrected chi connectivity index (χ3v) is 3.52. The van der Waals surface area contributed by atoms with Crippen LogP contribution in [-0.2, 0) is 0 Å². The lowest BCUT2D eigenvalue weighted by Gasteiger charge is -2.14. The van der Waals surface area contributed by atoms with E-state index < -0.39 is 0 Å². The second kappa shape index (κ2) is 5.55. The van der Waals surface area contributed by atoms with Crippen molar-refractivity contribution in [2.75, 3.05) is 7.11 Å². The van der Waals surface area contributed by atoms with Crippen LogP contribution in [-0.4, -0.2) is 13.2 Å². The van der Waals surface area contributed by atoms with E-state index in [9.17, 15) is 0 Å². The van der Waals surface area contributed by atoms with E-state index in [1.54, 1.807) is 7.11 Å². The highest BCUT2D eigenvalue weighted by Gasteiger charge is 2.23. The SMILES string of the molecule is COc1cccc(C(N)c2ccc(OC3CC3)cc2)c1. The minimum atomic E-state index is -0.153. The van der Waals surface area contributed by atoms with E-state index in [1.807, 2.05) is 48.5 Å². The van der Waals surface area contributed by atoms with Crippen molar-refractivity contribution >= 4 is 0 Å². The Balaban J connectivity index is 1.76. The molecule has 1 aliphatic carbocycles. The van der Waals surface area contributed by atoms with Gasteiger partial charge in [0.1, 0.15) is 11.5 Å². The Hall–Kier alpha value is -2.00. The lowest BCUT2D eigenvalue weighted by molar-refractivity contribution is 0.303. The van der Waals surface area contributed by atoms with E-state index in [0.717, 1.165) is 22.6 Å². The molecule has 0 aliphatic heterocycles. The Bertz CT molecular complexity index is 576. The van der Waals surface area contributed by atoms with Gasteiger partial charge in [0.25, 0.3) is 0 Å². The molecule has 1 saturated carbocycles. The zero-order valence-electron chi connectivity index (χ0n) is 11.6. The number of benzene rings is 2. The predicted octanol–water partition coefficient (Wildman–Crippen LogP) is 3.28. The molecule has 1 atom stereocenters. The summed E-state index contributed by atoms with van der Waals surface area (Å²) in [5, 5.41) is 0. The zero-order chi connectivity index (χ0) is 13.9. The van der Waals surface area contributed by atoms with Crippen molar-refractivity contribution in [2.45, 2.75) is 25.0 Å². The van der Waals surface area contributed by atoms with Gasteiger partial charge >= 0.3 is 0 Å². The topological polar surface area (TPSA) is 44.5 Å². The van der Waals surface area contributed by atoms with Crippen molar-refractivity contribution in [3.63, 3.8) is 0 Å². The standard InChI is InChI=1S/C17H19NO2/c1-19-16-4-2-3-13(11-16)17(18)12-5-7-14(8-6-12)20-15-9-10-15/h2-8,11,15,17H,9-10,18H2,1H3. The Morgan fingerprint density at radius 3 is 2.40 bits per heavy atom. The first-order chi connectivity index (χ1) is 9.76. The summed E-state index contributed by atoms with van der Waals surface area (Å²) in [4.78, 5) is 0. The molecule has 3 rings (SSSR count). The molecule has 3 heteroatoms. The zero-order valence-corrected chi connectivity index (χ0v) is 11.6. The summed E-state index contributed by atoms with van der Waals surface area (Å²) in [6, 6.07) is 15.8. The first-order valence-corrected chi connectivity index (χ1v) is 6.92. The highest BCUT2D eigenvalue weighted by Crippen LogP contribution is 2.28. The molecule has 1 fully saturated rings. The molecule has 20 heavy (non-hydrogen) atoms. The van der Waals surface area contributed by atoms with Crippen molar-refractivity contribution in [1.29, 1.82) is 0 Å². The van der Waals surface area contributed by atoms with Crippen molar-refractivity contribution < 1.29 is 9.47 Å². The minimum Gasteiger partial charge on any atom is -0.497 e. The molecular weight excluding hydrogens is 250 g/mol. The summed E-state index contributed by atoms with van der Waals surface area (Å²) in [5.41, 5.74) is 8.42. The molecule has 2 N–H and O–H groups in total. The number of rotatable bonds is 5. The van der Waals surface area contributed by atoms with Crippen molar-refractivity contribution in [3.8, 4) is 11.5 Å². The second-order valence-electron chi connectivity index (χ2n) is 5.14. The van der Waals surface area contributed by atoms with Gasteiger partial charge in [0.15, 0.2) is 0 Å². The fraction of sp³-hybridized carbons (Fsp3) is 0.294. The van der Waals surface area contributed by atoms with Gasteiger partial charge in [-0.2, -0.15) is 0 Å². The maximum atomic E-state index is 6.31. The van der Waals surface area contributed by atoms with E-state index in [2.05, 4.69) is 0 Å². The number of nitrogens with two attached hydrogens (primary N) is 1. The molecule has 0 bridgehead atoms. The number of ether oxygens (including phenoxy) is 2. The number of hydrogen-bond donors (Lipinski definition) is 1. The lowest BCUT2D eigenvalue weighted by Crippen LogP contribution is -2.11. The van der Waals surface area contributed by atoms with Crippen LogP contribution in [0.15, 0.2) is 48.5 Å². The Labute approximate surface area is 119 Å². The third kappa shape index (κ3) is 2.94. The molecule has 2 aromatic rings. The van der Waals surface area contributed by atoms with Crippen LogP contribution in [0.2, 0.25) is 0 Å². The van der Waals surface area contributed by atoms with E-state index in [1.165, 1.54) is 12.8 Å². The molecular formula is C17H19NO2. The molecule has 2 aromatic carbocycles. The van der Waals surface area contributed by atoms with Crippen LogP contribution in [0.5, 0.6) is 11.5 Å². The summed E-state index contributed by atoms with van der Waals surface area (Å²) >= 11 is 0. The smallest absolute Gasteiger partial charge is 0.119 e. The van der Waals surface area contributed by atoms with Gasteiger partial charge in [-0.3, -0.25) is 0 Å². The molecule has 0 amide bonds. The molecule has 0 saturated heterocycles. The average Bonchev–Trinajstić information content (AvgIpc) is 3.31. The third-order valence-electron chi connectivity index (χ3n) is 3.52. The average molecular weight is 269 g/mol. The molecule has 3 nitrogen and oxygen atoms in total. The molecule has 0 aromatic heterocycles. The van der Waals surface area contributed by atoms with Crippen LogP contribution in [0, 0.1) is 0 Å². The number of methoxy groups -OCH3 is 1. The Morgan fingerprint density at radius 1 is 1.00 bits per heavy atom. The fourth-order valence-corrected chi connectivity index (χ4v) is 2.16. The van der Waals surface area contributed by atoms with Crippen LogP contribution in [0.1, 0.15) is 30.0 Å². The molecule has 1 unspecified atom stereocenters. The maximum absolute atomic E-state index is 6.31. The summed E-state index contributed by atoms with van der Waals surface area (Å²) < 4.78 is 11.0. The van der Waals surface area contributed by atoms with E-state index in [4.69, 9.17) is 15.2 Å². The van der Waals surface area contributed by atoms with Crippen LogP contribution >= 0.6 is 0 Å². The van der Waals surface area contributed by atoms with Gasteiger partial charge in [-0.05, 0) is 48.2 Å². The number of hydrogen-bond acceptors (Lipinski definition) is 3. The van der Waals surface area contributed by atoms with E-state index >= 15 is 0 Å². The highest BCUT2D eigenvalue weighted by atomic mass is 16.5. The van der Waals surface area contributed by atoms with Crippen LogP contribution in [0.3, 0.4) is 0 Å². The lowest BCUT2D eigenvalue weighted by atomic mass is 9.99. The van der Waals surface area contributed by atoms with Gasteiger partial charge in [-0.25, -0.2) is 0 Å². The molecule has 0 heterocycles. The predicted molar refractivity (Wildman–Crippen MR) is 79.1 cm³/mol. The van der Waals surface area contributed by atoms with Gasteiger partial charge in [-0.15, -0.1) is 0 Å². The molecule has 1 aliphatic rings. The normalized spacial score (nSPS) is 15.7. The van der Waals surface area contributed by atoms with Crippen molar-refractivity contribution in [2.24, 2.45) is 5.73 Å². The fourth-order valence-electron chi connectivity index (χ4n) is 2.16. The Kier molecular flexibility index (Phi) is 3.61. The largest absolute Gasteiger partial charge is 0.497 e. The van der Waals surface area contributed by atoms with Gasteiger partial charge in [-0.1, -0.05) is 24.3 Å². The van der Waals surface area contributed by atoms with Gasteiger partial charge in [0, 0.05) is 0 Å². The quantitative estimate of drug-likeness (QED) is 0.906. The van der Waals surface area contributed by atoms with E-state index in [0.29, 0.717) is 6.10 Å². The highest BCUT2D eigenvalue weighted by molar-refractivity contribution is 5.38. The molecule has 0 radical (unpaired) electrons. The Morgan fingerprint density at radius 2 is 1.75 bits per heavy atom. The summed E-state index contributed by atoms with van der Waals surface area (Å²) in [6.07, 6.45) is 2.77. The minimum absolute atomic E-state index is 0.153. The van der Waals surface area contributed by atoms with Crippen LogP contribution in [0.4, 0.5) is 0 Å². The molecule has 0 spiro atoms. The summed E-state index contributed by atoms with van der Waals surface area (Å²) in [6.45, 7) is 0. The van der Waals surface area contributed by atoms with E-state index in [-0.39, 0.29) is 6.04 Å². The van der Waals surface area contributed by atoms with Crippen molar-refractivity contribution in [1.82, 2.24) is 0 Å². The maximum Gasteiger partial charge on any atom is 0.119 e. The monoisotopic (exact) mass is 269 g/mol. The second-order valence-corrected chi connectivity index (χ2v) is 5.14.